The first kappa shape index (κ1) is 15.7. The lowest BCUT2D eigenvalue weighted by atomic mass is 9.45. The number of hydrogen-bond acceptors (Lipinski definition) is 2. The van der Waals surface area contributed by atoms with Crippen molar-refractivity contribution in [2.24, 2.45) is 28.1 Å². The Hall–Kier alpha value is -1.18. The Labute approximate surface area is 134 Å². The lowest BCUT2D eigenvalue weighted by Gasteiger charge is -2.58. The minimum Gasteiger partial charge on any atom is -0.299 e. The standard InChI is InChI=1S/C20H28O2/c1-6-19(4)9-7-14-13(12-19)15(21)11-16-18(2,3)17(22)8-10-20(14,16)5/h6,12,14,16H,1,7-11H2,2-5H3/t14-,16+,19+,20+/m0/s1. The minimum atomic E-state index is -0.368. The first-order valence-electron chi connectivity index (χ1n) is 8.57. The van der Waals surface area contributed by atoms with Gasteiger partial charge in [0.15, 0.2) is 5.78 Å². The maximum Gasteiger partial charge on any atom is 0.159 e. The van der Waals surface area contributed by atoms with Gasteiger partial charge >= 0.3 is 0 Å². The highest BCUT2D eigenvalue weighted by molar-refractivity contribution is 5.99. The third-order valence-corrected chi connectivity index (χ3v) is 7.08. The normalized spacial score (nSPS) is 43.9. The van der Waals surface area contributed by atoms with E-state index in [-0.39, 0.29) is 27.9 Å². The summed E-state index contributed by atoms with van der Waals surface area (Å²) in [6, 6.07) is 0. The van der Waals surface area contributed by atoms with Gasteiger partial charge in [0.1, 0.15) is 5.78 Å². The van der Waals surface area contributed by atoms with Crippen molar-refractivity contribution in [2.45, 2.75) is 59.8 Å². The molecule has 0 saturated heterocycles. The quantitative estimate of drug-likeness (QED) is 0.668. The molecule has 0 N–H and O–H groups in total. The molecule has 0 heterocycles. The first-order chi connectivity index (χ1) is 10.1. The Kier molecular flexibility index (Phi) is 3.33. The highest BCUT2D eigenvalue weighted by Crippen LogP contribution is 2.62. The van der Waals surface area contributed by atoms with Crippen molar-refractivity contribution in [3.8, 4) is 0 Å². The van der Waals surface area contributed by atoms with Crippen molar-refractivity contribution >= 4 is 11.6 Å². The zero-order valence-corrected chi connectivity index (χ0v) is 14.4. The van der Waals surface area contributed by atoms with Gasteiger partial charge in [0.25, 0.3) is 0 Å². The maximum atomic E-state index is 12.8. The van der Waals surface area contributed by atoms with Crippen LogP contribution in [-0.2, 0) is 9.59 Å². The molecule has 2 heteroatoms. The van der Waals surface area contributed by atoms with E-state index in [2.05, 4.69) is 40.3 Å². The molecule has 2 fully saturated rings. The number of allylic oxidation sites excluding steroid dienone is 3. The molecule has 3 rings (SSSR count). The number of Topliss-reactive ketones (excluding diaryl/α,β-unsaturated/α-hetero) is 2. The molecule has 0 aliphatic heterocycles. The highest BCUT2D eigenvalue weighted by Gasteiger charge is 2.59. The van der Waals surface area contributed by atoms with Crippen LogP contribution in [0.5, 0.6) is 0 Å². The molecular formula is C20H28O2. The van der Waals surface area contributed by atoms with Crippen molar-refractivity contribution in [1.29, 1.82) is 0 Å². The molecule has 0 spiro atoms. The molecular weight excluding hydrogens is 272 g/mol. The summed E-state index contributed by atoms with van der Waals surface area (Å²) in [6.07, 6.45) is 8.38. The van der Waals surface area contributed by atoms with Crippen molar-refractivity contribution in [1.82, 2.24) is 0 Å². The molecule has 3 aliphatic rings. The Morgan fingerprint density at radius 2 is 1.86 bits per heavy atom. The van der Waals surface area contributed by atoms with Gasteiger partial charge in [-0.2, -0.15) is 0 Å². The summed E-state index contributed by atoms with van der Waals surface area (Å²) in [6.45, 7) is 12.5. The molecule has 2 nitrogen and oxygen atoms in total. The zero-order valence-electron chi connectivity index (χ0n) is 14.4. The van der Waals surface area contributed by atoms with Gasteiger partial charge in [-0.25, -0.2) is 0 Å². The van der Waals surface area contributed by atoms with E-state index in [1.807, 2.05) is 6.08 Å². The average molecular weight is 300 g/mol. The Morgan fingerprint density at radius 1 is 1.18 bits per heavy atom. The molecule has 0 bridgehead atoms. The second-order valence-corrected chi connectivity index (χ2v) is 8.73. The van der Waals surface area contributed by atoms with E-state index >= 15 is 0 Å². The van der Waals surface area contributed by atoms with Crippen molar-refractivity contribution in [3.63, 3.8) is 0 Å². The van der Waals surface area contributed by atoms with E-state index in [0.29, 0.717) is 24.5 Å². The van der Waals surface area contributed by atoms with Crippen LogP contribution >= 0.6 is 0 Å². The van der Waals surface area contributed by atoms with Crippen LogP contribution < -0.4 is 0 Å². The fourth-order valence-electron chi connectivity index (χ4n) is 5.37. The third kappa shape index (κ3) is 1.99. The second-order valence-electron chi connectivity index (χ2n) is 8.73. The number of rotatable bonds is 1. The van der Waals surface area contributed by atoms with E-state index in [1.165, 1.54) is 0 Å². The van der Waals surface area contributed by atoms with Crippen LogP contribution in [0.1, 0.15) is 59.8 Å². The molecule has 2 saturated carbocycles. The van der Waals surface area contributed by atoms with Gasteiger partial charge in [-0.05, 0) is 42.1 Å². The van der Waals surface area contributed by atoms with Gasteiger partial charge in [0.2, 0.25) is 0 Å². The van der Waals surface area contributed by atoms with E-state index in [0.717, 1.165) is 24.8 Å². The molecule has 22 heavy (non-hydrogen) atoms. The molecule has 0 aromatic rings. The van der Waals surface area contributed by atoms with Crippen LogP contribution in [0.25, 0.3) is 0 Å². The highest BCUT2D eigenvalue weighted by atomic mass is 16.1. The molecule has 3 aliphatic carbocycles. The van der Waals surface area contributed by atoms with E-state index in [4.69, 9.17) is 0 Å². The van der Waals surface area contributed by atoms with Crippen molar-refractivity contribution < 1.29 is 9.59 Å². The predicted octanol–water partition coefficient (Wildman–Crippen LogP) is 4.50. The number of hydrogen-bond donors (Lipinski definition) is 0. The SMILES string of the molecule is C=C[C@@]1(C)C=C2C(=O)C[C@@H]3C(C)(C)C(=O)CC[C@]3(C)[C@H]2CC1. The van der Waals surface area contributed by atoms with Crippen LogP contribution in [-0.4, -0.2) is 11.6 Å². The molecule has 0 radical (unpaired) electrons. The Balaban J connectivity index is 2.07. The lowest BCUT2D eigenvalue weighted by Crippen LogP contribution is -2.56. The van der Waals surface area contributed by atoms with Gasteiger partial charge in [0.05, 0.1) is 0 Å². The van der Waals surface area contributed by atoms with Crippen LogP contribution in [0.4, 0.5) is 0 Å². The summed E-state index contributed by atoms with van der Waals surface area (Å²) in [4.78, 5) is 25.2. The summed E-state index contributed by atoms with van der Waals surface area (Å²) in [5, 5.41) is 0. The monoisotopic (exact) mass is 300 g/mol. The number of carbonyl (C=O) groups is 2. The third-order valence-electron chi connectivity index (χ3n) is 7.08. The summed E-state index contributed by atoms with van der Waals surface area (Å²) in [7, 11) is 0. The average Bonchev–Trinajstić information content (AvgIpc) is 2.47. The van der Waals surface area contributed by atoms with E-state index in [9.17, 15) is 9.59 Å². The largest absolute Gasteiger partial charge is 0.299 e. The second kappa shape index (κ2) is 4.66. The van der Waals surface area contributed by atoms with Crippen LogP contribution in [0.15, 0.2) is 24.3 Å². The van der Waals surface area contributed by atoms with Crippen LogP contribution in [0.2, 0.25) is 0 Å². The summed E-state index contributed by atoms with van der Waals surface area (Å²) in [5.41, 5.74) is 0.690. The van der Waals surface area contributed by atoms with Crippen LogP contribution in [0, 0.1) is 28.1 Å². The summed E-state index contributed by atoms with van der Waals surface area (Å²) >= 11 is 0. The number of ketones is 2. The zero-order chi connectivity index (χ0) is 16.3. The molecule has 0 aromatic heterocycles. The van der Waals surface area contributed by atoms with E-state index < -0.39 is 0 Å². The molecule has 0 aromatic carbocycles. The first-order valence-corrected chi connectivity index (χ1v) is 8.57. The topological polar surface area (TPSA) is 34.1 Å². The summed E-state index contributed by atoms with van der Waals surface area (Å²) < 4.78 is 0. The molecule has 120 valence electrons. The summed E-state index contributed by atoms with van der Waals surface area (Å²) in [5.74, 6) is 1.10. The van der Waals surface area contributed by atoms with Crippen LogP contribution in [0.3, 0.4) is 0 Å². The minimum absolute atomic E-state index is 0.0509. The smallest absolute Gasteiger partial charge is 0.159 e. The maximum absolute atomic E-state index is 12.8. The fraction of sp³-hybridized carbons (Fsp3) is 0.700. The Bertz CT molecular complexity index is 583. The van der Waals surface area contributed by atoms with Gasteiger partial charge in [-0.15, -0.1) is 6.58 Å². The predicted molar refractivity (Wildman–Crippen MR) is 88.4 cm³/mol. The van der Waals surface area contributed by atoms with Gasteiger partial charge in [-0.3, -0.25) is 9.59 Å². The fourth-order valence-corrected chi connectivity index (χ4v) is 5.37. The molecule has 4 atom stereocenters. The van der Waals surface area contributed by atoms with Gasteiger partial charge in [-0.1, -0.05) is 39.8 Å². The number of fused-ring (bicyclic) bond motifs is 3. The van der Waals surface area contributed by atoms with Crippen molar-refractivity contribution in [2.75, 3.05) is 0 Å². The van der Waals surface area contributed by atoms with Gasteiger partial charge in [0, 0.05) is 23.7 Å². The van der Waals surface area contributed by atoms with E-state index in [1.54, 1.807) is 0 Å². The molecule has 0 unspecified atom stereocenters. The van der Waals surface area contributed by atoms with Crippen molar-refractivity contribution in [3.05, 3.63) is 24.3 Å². The van der Waals surface area contributed by atoms with Gasteiger partial charge < -0.3 is 0 Å². The lowest BCUT2D eigenvalue weighted by molar-refractivity contribution is -0.149. The Morgan fingerprint density at radius 3 is 2.50 bits per heavy atom. The number of carbonyl (C=O) groups excluding carboxylic acids is 2. The molecule has 0 amide bonds.